The largest absolute Gasteiger partial charge is 0.454 e. The number of hydrogen-bond acceptors (Lipinski definition) is 5. The zero-order valence-electron chi connectivity index (χ0n) is 16.9. The van der Waals surface area contributed by atoms with E-state index in [4.69, 9.17) is 4.74 Å². The van der Waals surface area contributed by atoms with Gasteiger partial charge in [0, 0.05) is 5.69 Å². The van der Waals surface area contributed by atoms with Crippen LogP contribution in [0.3, 0.4) is 0 Å². The molecular formula is C22H23N3O5. The molecular weight excluding hydrogens is 386 g/mol. The third-order valence-corrected chi connectivity index (χ3v) is 4.80. The molecule has 2 aromatic carbocycles. The van der Waals surface area contributed by atoms with Gasteiger partial charge in [-0.25, -0.2) is 4.68 Å². The van der Waals surface area contributed by atoms with Crippen LogP contribution in [0.5, 0.6) is 0 Å². The van der Waals surface area contributed by atoms with E-state index in [2.05, 4.69) is 10.4 Å². The van der Waals surface area contributed by atoms with Crippen molar-refractivity contribution in [3.05, 3.63) is 74.3 Å². The van der Waals surface area contributed by atoms with E-state index < -0.39 is 36.1 Å². The van der Waals surface area contributed by atoms with Crippen LogP contribution in [-0.4, -0.2) is 28.3 Å². The van der Waals surface area contributed by atoms with Crippen LogP contribution in [-0.2, 0) is 33.7 Å². The number of H-pyrrole nitrogens is 1. The van der Waals surface area contributed by atoms with Gasteiger partial charge in [-0.3, -0.25) is 24.3 Å². The van der Waals surface area contributed by atoms with Gasteiger partial charge in [-0.2, -0.15) is 0 Å². The van der Waals surface area contributed by atoms with Gasteiger partial charge >= 0.3 is 5.97 Å². The number of para-hydroxylation sites is 1. The number of carbonyl (C=O) groups is 2. The Balaban J connectivity index is 1.67. The summed E-state index contributed by atoms with van der Waals surface area (Å²) < 4.78 is 5.88. The van der Waals surface area contributed by atoms with Crippen molar-refractivity contribution in [1.82, 2.24) is 9.78 Å². The standard InChI is InChI=1S/C22H23N3O5/c1-3-14-8-7-9-15(4-2)20(14)23-18(26)13-30-19(27)12-25-22(29)17-11-6-5-10-16(17)21(28)24-25/h5-11H,3-4,12-13H2,1-2H3,(H,23,26)(H,24,28). The topological polar surface area (TPSA) is 110 Å². The molecule has 0 aliphatic carbocycles. The number of aryl methyl sites for hydroxylation is 2. The normalized spacial score (nSPS) is 10.7. The van der Waals surface area contributed by atoms with Gasteiger partial charge in [0.25, 0.3) is 17.0 Å². The molecule has 0 aliphatic heterocycles. The smallest absolute Gasteiger partial charge is 0.328 e. The summed E-state index contributed by atoms with van der Waals surface area (Å²) in [6.45, 7) is 2.99. The third kappa shape index (κ3) is 4.48. The van der Waals surface area contributed by atoms with Gasteiger partial charge in [-0.1, -0.05) is 44.2 Å². The zero-order valence-corrected chi connectivity index (χ0v) is 16.9. The predicted molar refractivity (Wildman–Crippen MR) is 114 cm³/mol. The van der Waals surface area contributed by atoms with E-state index in [1.165, 1.54) is 12.1 Å². The fourth-order valence-corrected chi connectivity index (χ4v) is 3.26. The number of esters is 1. The average Bonchev–Trinajstić information content (AvgIpc) is 2.76. The van der Waals surface area contributed by atoms with E-state index >= 15 is 0 Å². The highest BCUT2D eigenvalue weighted by Crippen LogP contribution is 2.22. The van der Waals surface area contributed by atoms with E-state index in [1.807, 2.05) is 32.0 Å². The summed E-state index contributed by atoms with van der Waals surface area (Å²) in [5.41, 5.74) is 1.72. The molecule has 0 saturated carbocycles. The molecule has 0 radical (unpaired) electrons. The van der Waals surface area contributed by atoms with Crippen molar-refractivity contribution in [3.8, 4) is 0 Å². The van der Waals surface area contributed by atoms with Crippen LogP contribution in [0.15, 0.2) is 52.1 Å². The summed E-state index contributed by atoms with van der Waals surface area (Å²) in [5.74, 6) is -1.28. The van der Waals surface area contributed by atoms with Gasteiger partial charge < -0.3 is 10.1 Å². The van der Waals surface area contributed by atoms with Crippen LogP contribution in [0.1, 0.15) is 25.0 Å². The first-order chi connectivity index (χ1) is 14.4. The van der Waals surface area contributed by atoms with Crippen LogP contribution in [0.25, 0.3) is 10.8 Å². The molecule has 1 aromatic heterocycles. The number of hydrogen-bond donors (Lipinski definition) is 2. The first kappa shape index (κ1) is 21.0. The van der Waals surface area contributed by atoms with Crippen LogP contribution in [0.4, 0.5) is 5.69 Å². The number of nitrogens with zero attached hydrogens (tertiary/aromatic N) is 1. The van der Waals surface area contributed by atoms with E-state index in [-0.39, 0.29) is 10.8 Å². The Hall–Kier alpha value is -3.68. The minimum absolute atomic E-state index is 0.204. The summed E-state index contributed by atoms with van der Waals surface area (Å²) in [4.78, 5) is 49.0. The third-order valence-electron chi connectivity index (χ3n) is 4.80. The quantitative estimate of drug-likeness (QED) is 0.580. The molecule has 30 heavy (non-hydrogen) atoms. The first-order valence-electron chi connectivity index (χ1n) is 9.72. The number of anilines is 1. The Morgan fingerprint density at radius 3 is 2.23 bits per heavy atom. The number of carbonyl (C=O) groups excluding carboxylic acids is 2. The highest BCUT2D eigenvalue weighted by Gasteiger charge is 2.14. The molecule has 0 atom stereocenters. The molecule has 0 bridgehead atoms. The molecule has 8 nitrogen and oxygen atoms in total. The molecule has 3 aromatic rings. The van der Waals surface area contributed by atoms with Gasteiger partial charge in [0.1, 0.15) is 6.54 Å². The Bertz CT molecular complexity index is 1190. The number of rotatable bonds is 7. The fourth-order valence-electron chi connectivity index (χ4n) is 3.26. The van der Waals surface area contributed by atoms with Gasteiger partial charge in [0.05, 0.1) is 10.8 Å². The van der Waals surface area contributed by atoms with Crippen LogP contribution < -0.4 is 16.4 Å². The number of nitrogens with one attached hydrogen (secondary N) is 2. The Morgan fingerprint density at radius 1 is 0.967 bits per heavy atom. The van der Waals surface area contributed by atoms with Crippen molar-refractivity contribution < 1.29 is 14.3 Å². The zero-order chi connectivity index (χ0) is 21.7. The molecule has 0 spiro atoms. The Morgan fingerprint density at radius 2 is 1.60 bits per heavy atom. The molecule has 0 aliphatic rings. The fraction of sp³-hybridized carbons (Fsp3) is 0.273. The molecule has 0 saturated heterocycles. The van der Waals surface area contributed by atoms with Crippen LogP contribution >= 0.6 is 0 Å². The molecule has 0 unspecified atom stereocenters. The minimum Gasteiger partial charge on any atom is -0.454 e. The van der Waals surface area contributed by atoms with E-state index in [0.29, 0.717) is 0 Å². The van der Waals surface area contributed by atoms with E-state index in [1.54, 1.807) is 12.1 Å². The summed E-state index contributed by atoms with van der Waals surface area (Å²) in [6.07, 6.45) is 1.50. The molecule has 3 rings (SSSR count). The molecule has 8 heteroatoms. The lowest BCUT2D eigenvalue weighted by Crippen LogP contribution is -2.33. The van der Waals surface area contributed by atoms with Crippen LogP contribution in [0, 0.1) is 0 Å². The molecule has 156 valence electrons. The number of aromatic nitrogens is 2. The Labute approximate surface area is 172 Å². The second-order valence-electron chi connectivity index (χ2n) is 6.75. The number of benzene rings is 2. The van der Waals surface area contributed by atoms with Gasteiger partial charge in [0.15, 0.2) is 6.61 Å². The Kier molecular flexibility index (Phi) is 6.46. The maximum atomic E-state index is 12.4. The second kappa shape index (κ2) is 9.21. The van der Waals surface area contributed by atoms with E-state index in [9.17, 15) is 19.2 Å². The summed E-state index contributed by atoms with van der Waals surface area (Å²) >= 11 is 0. The summed E-state index contributed by atoms with van der Waals surface area (Å²) in [6, 6.07) is 12.1. The minimum atomic E-state index is -0.808. The molecule has 1 amide bonds. The lowest BCUT2D eigenvalue weighted by Gasteiger charge is -2.14. The number of ether oxygens (including phenoxy) is 1. The molecule has 2 N–H and O–H groups in total. The second-order valence-corrected chi connectivity index (χ2v) is 6.75. The van der Waals surface area contributed by atoms with E-state index in [0.717, 1.165) is 34.3 Å². The average molecular weight is 409 g/mol. The van der Waals surface area contributed by atoms with Gasteiger partial charge in [0.2, 0.25) is 0 Å². The number of aromatic amines is 1. The lowest BCUT2D eigenvalue weighted by molar-refractivity contribution is -0.148. The van der Waals surface area contributed by atoms with Crippen molar-refractivity contribution in [2.24, 2.45) is 0 Å². The SMILES string of the molecule is CCc1cccc(CC)c1NC(=O)COC(=O)Cn1[nH]c(=O)c2ccccc2c1=O. The van der Waals surface area contributed by atoms with Crippen molar-refractivity contribution in [2.45, 2.75) is 33.2 Å². The maximum absolute atomic E-state index is 12.4. The highest BCUT2D eigenvalue weighted by atomic mass is 16.5. The first-order valence-corrected chi connectivity index (χ1v) is 9.72. The monoisotopic (exact) mass is 409 g/mol. The van der Waals surface area contributed by atoms with Crippen molar-refractivity contribution >= 4 is 28.3 Å². The lowest BCUT2D eigenvalue weighted by atomic mass is 10.0. The van der Waals surface area contributed by atoms with Crippen molar-refractivity contribution in [2.75, 3.05) is 11.9 Å². The predicted octanol–water partition coefficient (Wildman–Crippen LogP) is 2.00. The highest BCUT2D eigenvalue weighted by molar-refractivity contribution is 5.94. The van der Waals surface area contributed by atoms with Crippen molar-refractivity contribution in [1.29, 1.82) is 0 Å². The maximum Gasteiger partial charge on any atom is 0.328 e. The van der Waals surface area contributed by atoms with Gasteiger partial charge in [-0.15, -0.1) is 0 Å². The number of amides is 1. The molecule has 0 fully saturated rings. The number of fused-ring (bicyclic) bond motifs is 1. The molecule has 1 heterocycles. The van der Waals surface area contributed by atoms with Crippen LogP contribution in [0.2, 0.25) is 0 Å². The van der Waals surface area contributed by atoms with Gasteiger partial charge in [-0.05, 0) is 36.1 Å². The summed E-state index contributed by atoms with van der Waals surface area (Å²) in [7, 11) is 0. The summed E-state index contributed by atoms with van der Waals surface area (Å²) in [5, 5.41) is 5.60. The van der Waals surface area contributed by atoms with Crippen molar-refractivity contribution in [3.63, 3.8) is 0 Å².